The van der Waals surface area contributed by atoms with Gasteiger partial charge < -0.3 is 5.73 Å². The van der Waals surface area contributed by atoms with Gasteiger partial charge in [-0.1, -0.05) is 24.8 Å². The molecule has 0 radical (unpaired) electrons. The van der Waals surface area contributed by atoms with Crippen LogP contribution in [0.3, 0.4) is 0 Å². The van der Waals surface area contributed by atoms with E-state index in [0.717, 1.165) is 33.4 Å². The number of hydrogen-bond acceptors (Lipinski definition) is 4. The molecule has 2 heterocycles. The molecule has 0 spiro atoms. The van der Waals surface area contributed by atoms with Crippen LogP contribution in [0.5, 0.6) is 0 Å². The Bertz CT molecular complexity index is 750. The van der Waals surface area contributed by atoms with Crippen LogP contribution in [-0.4, -0.2) is 15.4 Å². The summed E-state index contributed by atoms with van der Waals surface area (Å²) in [7, 11) is 0. The zero-order valence-electron chi connectivity index (χ0n) is 11.6. The second kappa shape index (κ2) is 6.17. The van der Waals surface area contributed by atoms with Gasteiger partial charge in [-0.25, -0.2) is 9.37 Å². The summed E-state index contributed by atoms with van der Waals surface area (Å²) in [5.74, 6) is -0.229. The first-order valence-corrected chi connectivity index (χ1v) is 8.50. The van der Waals surface area contributed by atoms with Crippen molar-refractivity contribution in [3.63, 3.8) is 0 Å². The number of halogens is 1. The zero-order chi connectivity index (χ0) is 14.8. The minimum Gasteiger partial charge on any atom is -0.327 e. The number of rotatable bonds is 5. The molecule has 1 unspecified atom stereocenters. The van der Waals surface area contributed by atoms with E-state index in [-0.39, 0.29) is 11.9 Å². The number of hydrogen-bond donors (Lipinski definition) is 1. The van der Waals surface area contributed by atoms with Gasteiger partial charge in [0.1, 0.15) is 10.8 Å². The highest BCUT2D eigenvalue weighted by atomic mass is 32.2. The highest BCUT2D eigenvalue weighted by molar-refractivity contribution is 7.99. The van der Waals surface area contributed by atoms with E-state index in [1.54, 1.807) is 17.4 Å². The molecule has 0 amide bonds. The molecule has 6 heteroatoms. The van der Waals surface area contributed by atoms with Gasteiger partial charge in [-0.15, -0.1) is 11.3 Å². The van der Waals surface area contributed by atoms with Gasteiger partial charge in [-0.3, -0.25) is 4.40 Å². The molecule has 0 saturated carbocycles. The van der Waals surface area contributed by atoms with Crippen molar-refractivity contribution in [2.45, 2.75) is 35.7 Å². The van der Waals surface area contributed by atoms with Crippen molar-refractivity contribution in [2.24, 2.45) is 5.73 Å². The Morgan fingerprint density at radius 1 is 1.48 bits per heavy atom. The van der Waals surface area contributed by atoms with Crippen molar-refractivity contribution in [2.75, 3.05) is 0 Å². The molecule has 1 aromatic carbocycles. The van der Waals surface area contributed by atoms with Crippen LogP contribution in [-0.2, 0) is 6.42 Å². The Hall–Kier alpha value is -1.37. The largest absolute Gasteiger partial charge is 0.327 e. The van der Waals surface area contributed by atoms with Crippen LogP contribution in [0, 0.1) is 5.82 Å². The summed E-state index contributed by atoms with van der Waals surface area (Å²) in [6.07, 6.45) is 3.70. The molecule has 3 nitrogen and oxygen atoms in total. The van der Waals surface area contributed by atoms with Crippen LogP contribution < -0.4 is 5.73 Å². The van der Waals surface area contributed by atoms with E-state index in [1.807, 2.05) is 17.6 Å². The van der Waals surface area contributed by atoms with Gasteiger partial charge in [-0.05, 0) is 24.6 Å². The van der Waals surface area contributed by atoms with E-state index in [1.165, 1.54) is 23.9 Å². The molecule has 110 valence electrons. The smallest absolute Gasteiger partial charge is 0.194 e. The molecule has 0 bridgehead atoms. The first kappa shape index (κ1) is 14.6. The third-order valence-electron chi connectivity index (χ3n) is 3.31. The Morgan fingerprint density at radius 2 is 2.33 bits per heavy atom. The molecule has 0 fully saturated rings. The SMILES string of the molecule is CCC(N)Cc1c(Sc2cccc(F)c2)nc2sccn12. The second-order valence-electron chi connectivity index (χ2n) is 4.85. The summed E-state index contributed by atoms with van der Waals surface area (Å²) in [5.41, 5.74) is 7.21. The molecule has 21 heavy (non-hydrogen) atoms. The number of nitrogens with two attached hydrogens (primary N) is 1. The number of imidazole rings is 1. The lowest BCUT2D eigenvalue weighted by molar-refractivity contribution is 0.623. The molecule has 0 aliphatic carbocycles. The minimum atomic E-state index is -0.229. The standard InChI is InChI=1S/C15H16FN3S2/c1-2-11(17)9-13-14(18-15-19(13)6-7-20-15)21-12-5-3-4-10(16)8-12/h3-8,11H,2,9,17H2,1H3. The van der Waals surface area contributed by atoms with Gasteiger partial charge >= 0.3 is 0 Å². The predicted molar refractivity (Wildman–Crippen MR) is 85.6 cm³/mol. The van der Waals surface area contributed by atoms with Crippen molar-refractivity contribution in [1.82, 2.24) is 9.38 Å². The third kappa shape index (κ3) is 3.12. The second-order valence-corrected chi connectivity index (χ2v) is 6.79. The van der Waals surface area contributed by atoms with E-state index in [0.29, 0.717) is 0 Å². The van der Waals surface area contributed by atoms with Crippen molar-refractivity contribution in [3.8, 4) is 0 Å². The molecule has 2 aromatic heterocycles. The molecule has 0 saturated heterocycles. The van der Waals surface area contributed by atoms with E-state index >= 15 is 0 Å². The maximum absolute atomic E-state index is 13.3. The number of benzene rings is 1. The van der Waals surface area contributed by atoms with E-state index in [2.05, 4.69) is 16.3 Å². The van der Waals surface area contributed by atoms with E-state index < -0.39 is 0 Å². The molecule has 2 N–H and O–H groups in total. The maximum Gasteiger partial charge on any atom is 0.194 e. The topological polar surface area (TPSA) is 43.3 Å². The van der Waals surface area contributed by atoms with Gasteiger partial charge in [0.05, 0.1) is 5.69 Å². The number of aromatic nitrogens is 2. The fourth-order valence-electron chi connectivity index (χ4n) is 2.11. The molecular weight excluding hydrogens is 305 g/mol. The lowest BCUT2D eigenvalue weighted by Crippen LogP contribution is -2.22. The van der Waals surface area contributed by atoms with E-state index in [4.69, 9.17) is 5.73 Å². The summed E-state index contributed by atoms with van der Waals surface area (Å²) in [6.45, 7) is 2.08. The fraction of sp³-hybridized carbons (Fsp3) is 0.267. The highest BCUT2D eigenvalue weighted by Gasteiger charge is 2.16. The fourth-order valence-corrected chi connectivity index (χ4v) is 3.88. The van der Waals surface area contributed by atoms with Crippen LogP contribution >= 0.6 is 23.1 Å². The lowest BCUT2D eigenvalue weighted by Gasteiger charge is -2.09. The van der Waals surface area contributed by atoms with Crippen molar-refractivity contribution >= 4 is 28.1 Å². The summed E-state index contributed by atoms with van der Waals surface area (Å²) in [4.78, 5) is 6.46. The molecule has 0 aliphatic heterocycles. The number of thiazole rings is 1. The average molecular weight is 321 g/mol. The first-order chi connectivity index (χ1) is 10.2. The first-order valence-electron chi connectivity index (χ1n) is 6.80. The minimum absolute atomic E-state index is 0.108. The molecular formula is C15H16FN3S2. The molecule has 3 rings (SSSR count). The number of nitrogens with zero attached hydrogens (tertiary/aromatic N) is 2. The zero-order valence-corrected chi connectivity index (χ0v) is 13.3. The Morgan fingerprint density at radius 3 is 3.10 bits per heavy atom. The van der Waals surface area contributed by atoms with Crippen LogP contribution in [0.2, 0.25) is 0 Å². The van der Waals surface area contributed by atoms with Gasteiger partial charge in [0.25, 0.3) is 0 Å². The molecule has 3 aromatic rings. The van der Waals surface area contributed by atoms with Gasteiger partial charge in [-0.2, -0.15) is 0 Å². The van der Waals surface area contributed by atoms with Crippen LogP contribution in [0.4, 0.5) is 4.39 Å². The predicted octanol–water partition coefficient (Wildman–Crippen LogP) is 3.97. The summed E-state index contributed by atoms with van der Waals surface area (Å²) < 4.78 is 15.4. The summed E-state index contributed by atoms with van der Waals surface area (Å²) in [6, 6.07) is 6.69. The van der Waals surface area contributed by atoms with Crippen LogP contribution in [0.1, 0.15) is 19.0 Å². The Labute approximate surface area is 131 Å². The Balaban J connectivity index is 1.97. The van der Waals surface area contributed by atoms with Gasteiger partial charge in [0.2, 0.25) is 0 Å². The van der Waals surface area contributed by atoms with Crippen LogP contribution in [0.15, 0.2) is 45.8 Å². The summed E-state index contributed by atoms with van der Waals surface area (Å²) >= 11 is 3.08. The van der Waals surface area contributed by atoms with Crippen molar-refractivity contribution < 1.29 is 4.39 Å². The quantitative estimate of drug-likeness (QED) is 0.773. The third-order valence-corrected chi connectivity index (χ3v) is 5.08. The number of fused-ring (bicyclic) bond motifs is 1. The highest BCUT2D eigenvalue weighted by Crippen LogP contribution is 2.32. The maximum atomic E-state index is 13.3. The van der Waals surface area contributed by atoms with Crippen molar-refractivity contribution in [3.05, 3.63) is 47.4 Å². The van der Waals surface area contributed by atoms with Gasteiger partial charge in [0.15, 0.2) is 4.96 Å². The van der Waals surface area contributed by atoms with Crippen molar-refractivity contribution in [1.29, 1.82) is 0 Å². The molecule has 1 atom stereocenters. The summed E-state index contributed by atoms with van der Waals surface area (Å²) in [5, 5.41) is 2.93. The normalized spacial score (nSPS) is 12.9. The lowest BCUT2D eigenvalue weighted by atomic mass is 10.1. The van der Waals surface area contributed by atoms with Gasteiger partial charge in [0, 0.05) is 28.9 Å². The average Bonchev–Trinajstić information content (AvgIpc) is 3.02. The van der Waals surface area contributed by atoms with E-state index in [9.17, 15) is 4.39 Å². The molecule has 0 aliphatic rings. The van der Waals surface area contributed by atoms with Crippen LogP contribution in [0.25, 0.3) is 4.96 Å². The monoisotopic (exact) mass is 321 g/mol. The Kier molecular flexibility index (Phi) is 4.28.